The lowest BCUT2D eigenvalue weighted by Gasteiger charge is -2.24. The van der Waals surface area contributed by atoms with Crippen LogP contribution in [0.15, 0.2) is 0 Å². The summed E-state index contributed by atoms with van der Waals surface area (Å²) in [5, 5.41) is 0. The zero-order chi connectivity index (χ0) is 14.2. The van der Waals surface area contributed by atoms with E-state index in [0.717, 1.165) is 19.4 Å². The largest absolute Gasteiger partial charge is 0.469 e. The predicted molar refractivity (Wildman–Crippen MR) is 69.5 cm³/mol. The molecule has 5 heteroatoms. The van der Waals surface area contributed by atoms with Crippen molar-refractivity contribution in [2.75, 3.05) is 20.2 Å². The van der Waals surface area contributed by atoms with Gasteiger partial charge in [-0.2, -0.15) is 0 Å². The molecule has 19 heavy (non-hydrogen) atoms. The number of carbonyl (C=O) groups excluding carboxylic acids is 2. The van der Waals surface area contributed by atoms with Gasteiger partial charge in [0.15, 0.2) is 0 Å². The first-order valence-corrected chi connectivity index (χ1v) is 6.87. The van der Waals surface area contributed by atoms with Crippen molar-refractivity contribution < 1.29 is 19.1 Å². The van der Waals surface area contributed by atoms with Crippen LogP contribution in [-0.2, 0) is 14.3 Å². The van der Waals surface area contributed by atoms with Crippen molar-refractivity contribution >= 4 is 12.1 Å². The van der Waals surface area contributed by atoms with Crippen LogP contribution >= 0.6 is 0 Å². The lowest BCUT2D eigenvalue weighted by Crippen LogP contribution is -2.35. The highest BCUT2D eigenvalue weighted by Gasteiger charge is 2.50. The molecule has 108 valence electrons. The summed E-state index contributed by atoms with van der Waals surface area (Å²) in [6.45, 7) is 7.03. The fourth-order valence-corrected chi connectivity index (χ4v) is 2.79. The van der Waals surface area contributed by atoms with E-state index in [0.29, 0.717) is 18.4 Å². The average Bonchev–Trinajstić information content (AvgIpc) is 2.95. The van der Waals surface area contributed by atoms with Gasteiger partial charge >= 0.3 is 12.1 Å². The van der Waals surface area contributed by atoms with Crippen molar-refractivity contribution in [3.8, 4) is 0 Å². The van der Waals surface area contributed by atoms with Crippen LogP contribution in [0.3, 0.4) is 0 Å². The van der Waals surface area contributed by atoms with Crippen LogP contribution in [0.4, 0.5) is 4.79 Å². The first-order valence-electron chi connectivity index (χ1n) is 6.87. The molecule has 5 nitrogen and oxygen atoms in total. The van der Waals surface area contributed by atoms with Gasteiger partial charge in [0.05, 0.1) is 13.0 Å². The number of hydrogen-bond acceptors (Lipinski definition) is 4. The molecule has 3 atom stereocenters. The van der Waals surface area contributed by atoms with E-state index in [1.165, 1.54) is 7.11 Å². The lowest BCUT2D eigenvalue weighted by atomic mass is 10.0. The zero-order valence-corrected chi connectivity index (χ0v) is 12.1. The summed E-state index contributed by atoms with van der Waals surface area (Å²) < 4.78 is 10.1. The van der Waals surface area contributed by atoms with Gasteiger partial charge in [0, 0.05) is 13.1 Å². The summed E-state index contributed by atoms with van der Waals surface area (Å²) in [5.41, 5.74) is -0.455. The number of carbonyl (C=O) groups is 2. The number of likely N-dealkylation sites (tertiary alicyclic amines) is 1. The van der Waals surface area contributed by atoms with Crippen molar-refractivity contribution in [3.05, 3.63) is 0 Å². The Morgan fingerprint density at radius 2 is 1.95 bits per heavy atom. The van der Waals surface area contributed by atoms with Gasteiger partial charge in [0.1, 0.15) is 5.60 Å². The number of nitrogens with zero attached hydrogens (tertiary/aromatic N) is 1. The Morgan fingerprint density at radius 3 is 2.53 bits per heavy atom. The van der Waals surface area contributed by atoms with Gasteiger partial charge in [-0.25, -0.2) is 4.79 Å². The smallest absolute Gasteiger partial charge is 0.410 e. The first kappa shape index (κ1) is 14.2. The second-order valence-corrected chi connectivity index (χ2v) is 6.50. The van der Waals surface area contributed by atoms with Crippen LogP contribution < -0.4 is 0 Å². The number of ether oxygens (including phenoxy) is 2. The van der Waals surface area contributed by atoms with Gasteiger partial charge in [-0.15, -0.1) is 0 Å². The molecule has 3 unspecified atom stereocenters. The van der Waals surface area contributed by atoms with Crippen LogP contribution in [0, 0.1) is 17.8 Å². The highest BCUT2D eigenvalue weighted by molar-refractivity contribution is 5.75. The highest BCUT2D eigenvalue weighted by Crippen LogP contribution is 2.48. The summed E-state index contributed by atoms with van der Waals surface area (Å²) in [7, 11) is 1.43. The molecule has 0 aromatic rings. The monoisotopic (exact) mass is 269 g/mol. The molecule has 1 amide bonds. The van der Waals surface area contributed by atoms with Gasteiger partial charge in [-0.05, 0) is 45.4 Å². The molecule has 2 aliphatic rings. The minimum Gasteiger partial charge on any atom is -0.469 e. The van der Waals surface area contributed by atoms with Crippen LogP contribution in [0.5, 0.6) is 0 Å². The first-order chi connectivity index (χ1) is 8.81. The summed E-state index contributed by atoms with van der Waals surface area (Å²) >= 11 is 0. The van der Waals surface area contributed by atoms with E-state index in [9.17, 15) is 9.59 Å². The Labute approximate surface area is 114 Å². The fourth-order valence-electron chi connectivity index (χ4n) is 2.79. The molecule has 0 bridgehead atoms. The lowest BCUT2D eigenvalue weighted by molar-refractivity contribution is -0.142. The van der Waals surface area contributed by atoms with E-state index in [4.69, 9.17) is 9.47 Å². The van der Waals surface area contributed by atoms with E-state index in [1.54, 1.807) is 4.90 Å². The van der Waals surface area contributed by atoms with E-state index >= 15 is 0 Å². The van der Waals surface area contributed by atoms with E-state index in [2.05, 4.69) is 0 Å². The Bertz CT molecular complexity index is 374. The maximum absolute atomic E-state index is 11.9. The molecular weight excluding hydrogens is 246 g/mol. The molecule has 0 aromatic heterocycles. The van der Waals surface area contributed by atoms with Crippen molar-refractivity contribution in [2.24, 2.45) is 17.8 Å². The van der Waals surface area contributed by atoms with Gasteiger partial charge in [-0.1, -0.05) is 0 Å². The molecule has 1 saturated heterocycles. The molecule has 1 aliphatic heterocycles. The summed E-state index contributed by atoms with van der Waals surface area (Å²) in [4.78, 5) is 25.1. The summed E-state index contributed by atoms with van der Waals surface area (Å²) in [6, 6.07) is 0. The topological polar surface area (TPSA) is 55.8 Å². The molecule has 1 heterocycles. The zero-order valence-electron chi connectivity index (χ0n) is 12.1. The molecule has 0 radical (unpaired) electrons. The van der Waals surface area contributed by atoms with Crippen LogP contribution in [0.2, 0.25) is 0 Å². The van der Waals surface area contributed by atoms with Gasteiger partial charge in [0.2, 0.25) is 0 Å². The van der Waals surface area contributed by atoms with E-state index in [1.807, 2.05) is 20.8 Å². The summed E-state index contributed by atoms with van der Waals surface area (Å²) in [5.74, 6) is 0.741. The second kappa shape index (κ2) is 5.02. The van der Waals surface area contributed by atoms with E-state index in [-0.39, 0.29) is 18.0 Å². The molecular formula is C14H23NO4. The fraction of sp³-hybridized carbons (Fsp3) is 0.857. The van der Waals surface area contributed by atoms with Crippen molar-refractivity contribution in [2.45, 2.75) is 39.2 Å². The molecule has 0 spiro atoms. The average molecular weight is 269 g/mol. The van der Waals surface area contributed by atoms with Gasteiger partial charge < -0.3 is 14.4 Å². The third-order valence-electron chi connectivity index (χ3n) is 3.83. The van der Waals surface area contributed by atoms with Crippen molar-refractivity contribution in [1.82, 2.24) is 4.90 Å². The van der Waals surface area contributed by atoms with Crippen LogP contribution in [-0.4, -0.2) is 42.8 Å². The standard InChI is InChI=1S/C14H23NO4/c1-14(2,3)19-13(17)15-6-5-9(8-15)10-7-11(10)12(16)18-4/h9-11H,5-8H2,1-4H3. The quantitative estimate of drug-likeness (QED) is 0.720. The number of amides is 1. The minimum atomic E-state index is -0.455. The van der Waals surface area contributed by atoms with Crippen LogP contribution in [0.25, 0.3) is 0 Å². The Balaban J connectivity index is 1.81. The number of esters is 1. The van der Waals surface area contributed by atoms with Gasteiger partial charge in [-0.3, -0.25) is 4.79 Å². The maximum Gasteiger partial charge on any atom is 0.410 e. The third-order valence-corrected chi connectivity index (χ3v) is 3.83. The minimum absolute atomic E-state index is 0.0496. The normalized spacial score (nSPS) is 30.1. The van der Waals surface area contributed by atoms with Gasteiger partial charge in [0.25, 0.3) is 0 Å². The Hall–Kier alpha value is -1.26. The summed E-state index contributed by atoms with van der Waals surface area (Å²) in [6.07, 6.45) is 1.61. The van der Waals surface area contributed by atoms with Crippen LogP contribution in [0.1, 0.15) is 33.6 Å². The molecule has 0 aromatic carbocycles. The number of methoxy groups -OCH3 is 1. The third kappa shape index (κ3) is 3.39. The molecule has 2 fully saturated rings. The number of rotatable bonds is 2. The second-order valence-electron chi connectivity index (χ2n) is 6.50. The molecule has 1 saturated carbocycles. The molecule has 1 aliphatic carbocycles. The van der Waals surface area contributed by atoms with Crippen molar-refractivity contribution in [1.29, 1.82) is 0 Å². The maximum atomic E-state index is 11.9. The number of hydrogen-bond donors (Lipinski definition) is 0. The van der Waals surface area contributed by atoms with Crippen molar-refractivity contribution in [3.63, 3.8) is 0 Å². The Kier molecular flexibility index (Phi) is 3.74. The molecule has 2 rings (SSSR count). The molecule has 0 N–H and O–H groups in total. The SMILES string of the molecule is COC(=O)C1CC1C1CCN(C(=O)OC(C)(C)C)C1. The predicted octanol–water partition coefficient (Wildman–Crippen LogP) is 2.05. The Morgan fingerprint density at radius 1 is 1.26 bits per heavy atom. The van der Waals surface area contributed by atoms with E-state index < -0.39 is 5.60 Å². The highest BCUT2D eigenvalue weighted by atomic mass is 16.6.